The summed E-state index contributed by atoms with van der Waals surface area (Å²) >= 11 is 6.14. The molecule has 3 N–H and O–H groups in total. The van der Waals surface area contributed by atoms with Crippen LogP contribution in [0.2, 0.25) is 5.02 Å². The zero-order chi connectivity index (χ0) is 12.0. The lowest BCUT2D eigenvalue weighted by molar-refractivity contribution is 0.414. The lowest BCUT2D eigenvalue weighted by atomic mass is 10.0. The van der Waals surface area contributed by atoms with E-state index >= 15 is 0 Å². The van der Waals surface area contributed by atoms with Gasteiger partial charge < -0.3 is 15.8 Å². The van der Waals surface area contributed by atoms with E-state index in [-0.39, 0.29) is 6.04 Å². The molecule has 0 saturated carbocycles. The average molecular weight is 243 g/mol. The van der Waals surface area contributed by atoms with E-state index < -0.39 is 0 Å². The van der Waals surface area contributed by atoms with Crippen LogP contribution in [0.5, 0.6) is 5.75 Å². The predicted octanol–water partition coefficient (Wildman–Crippen LogP) is 2.35. The van der Waals surface area contributed by atoms with Gasteiger partial charge in [0, 0.05) is 11.1 Å². The van der Waals surface area contributed by atoms with Crippen molar-refractivity contribution in [2.75, 3.05) is 20.7 Å². The summed E-state index contributed by atoms with van der Waals surface area (Å²) in [7, 11) is 3.56. The molecule has 1 atom stereocenters. The fraction of sp³-hybridized carbons (Fsp3) is 0.500. The Morgan fingerprint density at radius 3 is 2.81 bits per heavy atom. The first-order valence-corrected chi connectivity index (χ1v) is 5.80. The minimum absolute atomic E-state index is 0.00763. The molecule has 1 aromatic carbocycles. The Morgan fingerprint density at radius 2 is 2.25 bits per heavy atom. The third kappa shape index (κ3) is 3.67. The molecule has 0 aliphatic heterocycles. The van der Waals surface area contributed by atoms with E-state index in [0.29, 0.717) is 5.02 Å². The van der Waals surface area contributed by atoms with Gasteiger partial charge in [-0.15, -0.1) is 0 Å². The molecule has 0 aromatic heterocycles. The number of rotatable bonds is 6. The molecule has 0 aliphatic rings. The average Bonchev–Trinajstić information content (AvgIpc) is 2.29. The van der Waals surface area contributed by atoms with Crippen molar-refractivity contribution in [2.45, 2.75) is 18.9 Å². The highest BCUT2D eigenvalue weighted by molar-refractivity contribution is 6.31. The molecule has 0 amide bonds. The van der Waals surface area contributed by atoms with Crippen molar-refractivity contribution in [1.29, 1.82) is 0 Å². The maximum absolute atomic E-state index is 6.14. The van der Waals surface area contributed by atoms with Crippen LogP contribution in [0.4, 0.5) is 0 Å². The van der Waals surface area contributed by atoms with Crippen LogP contribution in [0, 0.1) is 0 Å². The van der Waals surface area contributed by atoms with Gasteiger partial charge >= 0.3 is 0 Å². The van der Waals surface area contributed by atoms with Crippen molar-refractivity contribution < 1.29 is 4.74 Å². The maximum Gasteiger partial charge on any atom is 0.120 e. The highest BCUT2D eigenvalue weighted by atomic mass is 35.5. The van der Waals surface area contributed by atoms with Gasteiger partial charge in [0.2, 0.25) is 0 Å². The summed E-state index contributed by atoms with van der Waals surface area (Å²) < 4.78 is 5.09. The third-order valence-electron chi connectivity index (χ3n) is 2.55. The number of hydrogen-bond acceptors (Lipinski definition) is 3. The van der Waals surface area contributed by atoms with E-state index in [9.17, 15) is 0 Å². The minimum Gasteiger partial charge on any atom is -0.497 e. The summed E-state index contributed by atoms with van der Waals surface area (Å²) in [4.78, 5) is 0. The van der Waals surface area contributed by atoms with Gasteiger partial charge in [0.05, 0.1) is 7.11 Å². The second kappa shape index (κ2) is 6.74. The lowest BCUT2D eigenvalue weighted by Gasteiger charge is -2.14. The van der Waals surface area contributed by atoms with E-state index in [0.717, 1.165) is 30.7 Å². The molecule has 1 unspecified atom stereocenters. The number of halogens is 1. The molecule has 1 aromatic rings. The van der Waals surface area contributed by atoms with Crippen molar-refractivity contribution in [3.05, 3.63) is 28.8 Å². The Kier molecular flexibility index (Phi) is 5.60. The first-order chi connectivity index (χ1) is 7.69. The predicted molar refractivity (Wildman–Crippen MR) is 68.1 cm³/mol. The fourth-order valence-corrected chi connectivity index (χ4v) is 1.90. The highest BCUT2D eigenvalue weighted by Crippen LogP contribution is 2.28. The van der Waals surface area contributed by atoms with Gasteiger partial charge in [-0.3, -0.25) is 0 Å². The summed E-state index contributed by atoms with van der Waals surface area (Å²) in [6, 6.07) is 5.62. The number of ether oxygens (including phenoxy) is 1. The molecule has 0 heterocycles. The molecule has 4 heteroatoms. The number of methoxy groups -OCH3 is 1. The Morgan fingerprint density at radius 1 is 1.50 bits per heavy atom. The van der Waals surface area contributed by atoms with Crippen molar-refractivity contribution in [1.82, 2.24) is 5.32 Å². The maximum atomic E-state index is 6.14. The second-order valence-electron chi connectivity index (χ2n) is 3.74. The molecule has 0 radical (unpaired) electrons. The Balaban J connectivity index is 2.64. The summed E-state index contributed by atoms with van der Waals surface area (Å²) in [5.41, 5.74) is 7.06. The topological polar surface area (TPSA) is 47.3 Å². The van der Waals surface area contributed by atoms with E-state index in [1.165, 1.54) is 0 Å². The van der Waals surface area contributed by atoms with Crippen LogP contribution in [0.25, 0.3) is 0 Å². The Bertz CT molecular complexity index is 331. The molecule has 0 spiro atoms. The quantitative estimate of drug-likeness (QED) is 0.753. The summed E-state index contributed by atoms with van der Waals surface area (Å²) in [6.45, 7) is 0.974. The van der Waals surface area contributed by atoms with Crippen LogP contribution in [0.3, 0.4) is 0 Å². The first-order valence-electron chi connectivity index (χ1n) is 5.42. The lowest BCUT2D eigenvalue weighted by Crippen LogP contribution is -2.14. The van der Waals surface area contributed by atoms with Crippen LogP contribution >= 0.6 is 11.6 Å². The summed E-state index contributed by atoms with van der Waals surface area (Å²) in [5.74, 6) is 0.760. The van der Waals surface area contributed by atoms with Crippen LogP contribution in [0.1, 0.15) is 24.4 Å². The van der Waals surface area contributed by atoms with Gasteiger partial charge in [-0.25, -0.2) is 0 Å². The molecule has 0 bridgehead atoms. The van der Waals surface area contributed by atoms with Crippen molar-refractivity contribution in [2.24, 2.45) is 5.73 Å². The SMILES string of the molecule is CNCCCC(N)c1ccc(OC)cc1Cl. The molecule has 0 fully saturated rings. The van der Waals surface area contributed by atoms with Gasteiger partial charge in [0.25, 0.3) is 0 Å². The fourth-order valence-electron chi connectivity index (χ4n) is 1.59. The largest absolute Gasteiger partial charge is 0.497 e. The molecule has 16 heavy (non-hydrogen) atoms. The van der Waals surface area contributed by atoms with Crippen molar-refractivity contribution >= 4 is 11.6 Å². The van der Waals surface area contributed by atoms with Crippen LogP contribution in [-0.4, -0.2) is 20.7 Å². The highest BCUT2D eigenvalue weighted by Gasteiger charge is 2.10. The van der Waals surface area contributed by atoms with Gasteiger partial charge in [0.1, 0.15) is 5.75 Å². The van der Waals surface area contributed by atoms with Crippen molar-refractivity contribution in [3.8, 4) is 5.75 Å². The minimum atomic E-state index is -0.00763. The summed E-state index contributed by atoms with van der Waals surface area (Å²) in [6.07, 6.45) is 1.97. The molecular weight excluding hydrogens is 224 g/mol. The number of benzene rings is 1. The van der Waals surface area contributed by atoms with Gasteiger partial charge in [-0.2, -0.15) is 0 Å². The molecular formula is C12H19ClN2O. The molecule has 3 nitrogen and oxygen atoms in total. The third-order valence-corrected chi connectivity index (χ3v) is 2.88. The van der Waals surface area contributed by atoms with Crippen molar-refractivity contribution in [3.63, 3.8) is 0 Å². The monoisotopic (exact) mass is 242 g/mol. The zero-order valence-corrected chi connectivity index (χ0v) is 10.6. The summed E-state index contributed by atoms with van der Waals surface area (Å²) in [5, 5.41) is 3.78. The molecule has 0 aliphatic carbocycles. The number of hydrogen-bond donors (Lipinski definition) is 2. The molecule has 1 rings (SSSR count). The van der Waals surface area contributed by atoms with Crippen LogP contribution in [0.15, 0.2) is 18.2 Å². The normalized spacial score (nSPS) is 12.5. The zero-order valence-electron chi connectivity index (χ0n) is 9.79. The van der Waals surface area contributed by atoms with Crippen LogP contribution < -0.4 is 15.8 Å². The van der Waals surface area contributed by atoms with Gasteiger partial charge in [-0.05, 0) is 44.1 Å². The molecule has 90 valence electrons. The van der Waals surface area contributed by atoms with Crippen LogP contribution in [-0.2, 0) is 0 Å². The smallest absolute Gasteiger partial charge is 0.120 e. The second-order valence-corrected chi connectivity index (χ2v) is 4.15. The Labute approximate surface area is 102 Å². The number of nitrogens with two attached hydrogens (primary N) is 1. The van der Waals surface area contributed by atoms with Gasteiger partial charge in [-0.1, -0.05) is 17.7 Å². The number of nitrogens with one attached hydrogen (secondary N) is 1. The van der Waals surface area contributed by atoms with E-state index in [1.807, 2.05) is 19.2 Å². The first kappa shape index (κ1) is 13.3. The van der Waals surface area contributed by atoms with E-state index in [1.54, 1.807) is 13.2 Å². The standard InChI is InChI=1S/C12H19ClN2O/c1-15-7-3-4-12(14)10-6-5-9(16-2)8-11(10)13/h5-6,8,12,15H,3-4,7,14H2,1-2H3. The Hall–Kier alpha value is -0.770. The molecule has 0 saturated heterocycles. The van der Waals surface area contributed by atoms with E-state index in [4.69, 9.17) is 22.1 Å². The van der Waals surface area contributed by atoms with E-state index in [2.05, 4.69) is 5.32 Å². The van der Waals surface area contributed by atoms with Gasteiger partial charge in [0.15, 0.2) is 0 Å².